The van der Waals surface area contributed by atoms with Crippen LogP contribution in [-0.4, -0.2) is 26.4 Å². The Bertz CT molecular complexity index is 171. The van der Waals surface area contributed by atoms with E-state index < -0.39 is 0 Å². The van der Waals surface area contributed by atoms with E-state index in [4.69, 9.17) is 5.73 Å². The monoisotopic (exact) mass is 398 g/mol. The molecular weight excluding hydrogens is 358 g/mol. The summed E-state index contributed by atoms with van der Waals surface area (Å²) in [6, 6.07) is 0. The fourth-order valence-electron chi connectivity index (χ4n) is 2.72. The standard InChI is InChI=1S/C18H38NTe/c1-2-3-4-5-6-7-8-9-10-11-12-13-14-15-16-17-18(19)20/h18H,2-17,19H2,1H3. The van der Waals surface area contributed by atoms with Crippen LogP contribution in [0.4, 0.5) is 0 Å². The van der Waals surface area contributed by atoms with E-state index in [0.717, 1.165) is 0 Å². The molecule has 1 radical (unpaired) electrons. The first-order valence-electron chi connectivity index (χ1n) is 9.18. The van der Waals surface area contributed by atoms with Crippen LogP contribution in [0, 0.1) is 0 Å². The van der Waals surface area contributed by atoms with Crippen LogP contribution in [-0.2, 0) is 0 Å². The van der Waals surface area contributed by atoms with Crippen molar-refractivity contribution in [1.29, 1.82) is 0 Å². The molecule has 0 aromatic carbocycles. The molecule has 1 unspecified atom stereocenters. The van der Waals surface area contributed by atoms with Crippen LogP contribution < -0.4 is 5.73 Å². The van der Waals surface area contributed by atoms with Crippen LogP contribution >= 0.6 is 0 Å². The van der Waals surface area contributed by atoms with Crippen LogP contribution in [0.2, 0.25) is 0 Å². The summed E-state index contributed by atoms with van der Waals surface area (Å²) >= 11 is 2.05. The summed E-state index contributed by atoms with van der Waals surface area (Å²) in [6.45, 7) is 2.29. The maximum absolute atomic E-state index is 5.75. The van der Waals surface area contributed by atoms with E-state index >= 15 is 0 Å². The number of unbranched alkanes of at least 4 members (excludes halogenated alkanes) is 14. The molecule has 2 heteroatoms. The molecule has 0 fully saturated rings. The van der Waals surface area contributed by atoms with Crippen LogP contribution in [0.5, 0.6) is 0 Å². The normalized spacial score (nSPS) is 12.8. The van der Waals surface area contributed by atoms with Crippen LogP contribution in [0.3, 0.4) is 0 Å². The number of hydrogen-bond acceptors (Lipinski definition) is 1. The van der Waals surface area contributed by atoms with E-state index in [9.17, 15) is 0 Å². The van der Waals surface area contributed by atoms with Gasteiger partial charge in [0.05, 0.1) is 0 Å². The number of nitrogens with two attached hydrogens (primary N) is 1. The third-order valence-corrected chi connectivity index (χ3v) is 4.76. The molecule has 0 rings (SSSR count). The van der Waals surface area contributed by atoms with Crippen LogP contribution in [0.15, 0.2) is 0 Å². The summed E-state index contributed by atoms with van der Waals surface area (Å²) in [7, 11) is 0. The van der Waals surface area contributed by atoms with Crippen molar-refractivity contribution in [3.05, 3.63) is 0 Å². The summed E-state index contributed by atoms with van der Waals surface area (Å²) in [5, 5.41) is 0. The van der Waals surface area contributed by atoms with Gasteiger partial charge in [-0.05, 0) is 0 Å². The Morgan fingerprint density at radius 3 is 1.20 bits per heavy atom. The predicted molar refractivity (Wildman–Crippen MR) is 93.3 cm³/mol. The first-order valence-corrected chi connectivity index (χ1v) is 10.5. The third kappa shape index (κ3) is 18.7. The molecule has 2 N–H and O–H groups in total. The van der Waals surface area contributed by atoms with E-state index in [1.165, 1.54) is 103 Å². The van der Waals surface area contributed by atoms with E-state index in [0.29, 0.717) is 4.09 Å². The predicted octanol–water partition coefficient (Wildman–Crippen LogP) is 5.70. The van der Waals surface area contributed by atoms with Crippen molar-refractivity contribution in [3.8, 4) is 0 Å². The Morgan fingerprint density at radius 1 is 0.600 bits per heavy atom. The van der Waals surface area contributed by atoms with Gasteiger partial charge in [0.1, 0.15) is 0 Å². The molecule has 1 nitrogen and oxygen atoms in total. The van der Waals surface area contributed by atoms with E-state index in [-0.39, 0.29) is 0 Å². The third-order valence-electron chi connectivity index (χ3n) is 4.09. The Kier molecular flexibility index (Phi) is 18.5. The fraction of sp³-hybridized carbons (Fsp3) is 1.00. The van der Waals surface area contributed by atoms with Gasteiger partial charge in [0.2, 0.25) is 0 Å². The molecule has 0 aliphatic carbocycles. The van der Waals surface area contributed by atoms with Crippen molar-refractivity contribution < 1.29 is 0 Å². The van der Waals surface area contributed by atoms with Gasteiger partial charge >= 0.3 is 103 Å². The van der Waals surface area contributed by atoms with Gasteiger partial charge in [0, 0.05) is 0 Å². The molecule has 0 heterocycles. The van der Waals surface area contributed by atoms with E-state index in [1.807, 2.05) is 22.3 Å². The topological polar surface area (TPSA) is 26.0 Å². The molecular formula is C18H38NTe. The van der Waals surface area contributed by atoms with Gasteiger partial charge in [-0.15, -0.1) is 0 Å². The average molecular weight is 396 g/mol. The minimum absolute atomic E-state index is 0.410. The van der Waals surface area contributed by atoms with Crippen LogP contribution in [0.25, 0.3) is 0 Å². The summed E-state index contributed by atoms with van der Waals surface area (Å²) < 4.78 is 0.410. The molecule has 0 aliphatic heterocycles. The molecule has 0 aromatic rings. The van der Waals surface area contributed by atoms with Crippen LogP contribution in [0.1, 0.15) is 110 Å². The molecule has 0 saturated carbocycles. The molecule has 0 spiro atoms. The molecule has 121 valence electrons. The molecule has 0 amide bonds. The molecule has 0 aliphatic rings. The van der Waals surface area contributed by atoms with E-state index in [2.05, 4.69) is 6.92 Å². The zero-order chi connectivity index (χ0) is 14.9. The molecule has 0 saturated heterocycles. The Hall–Kier alpha value is 0.750. The van der Waals surface area contributed by atoms with Gasteiger partial charge in [-0.3, -0.25) is 0 Å². The number of rotatable bonds is 16. The van der Waals surface area contributed by atoms with Gasteiger partial charge in [0.25, 0.3) is 0 Å². The second-order valence-electron chi connectivity index (χ2n) is 6.28. The van der Waals surface area contributed by atoms with Crippen molar-refractivity contribution >= 4 is 22.3 Å². The maximum atomic E-state index is 5.75. The molecule has 1 atom stereocenters. The van der Waals surface area contributed by atoms with Crippen molar-refractivity contribution in [2.24, 2.45) is 5.73 Å². The second-order valence-corrected chi connectivity index (χ2v) is 8.01. The van der Waals surface area contributed by atoms with Crippen molar-refractivity contribution in [2.75, 3.05) is 0 Å². The van der Waals surface area contributed by atoms with E-state index in [1.54, 1.807) is 0 Å². The minimum atomic E-state index is 0.410. The first-order chi connectivity index (χ1) is 9.77. The first kappa shape index (κ1) is 20.7. The summed E-state index contributed by atoms with van der Waals surface area (Å²) in [5.74, 6) is 0. The zero-order valence-corrected chi connectivity index (χ0v) is 16.2. The molecule has 0 aromatic heterocycles. The summed E-state index contributed by atoms with van der Waals surface area (Å²) in [6.07, 6.45) is 22.8. The Labute approximate surface area is 141 Å². The van der Waals surface area contributed by atoms with Gasteiger partial charge < -0.3 is 0 Å². The quantitative estimate of drug-likeness (QED) is 0.263. The number of hydrogen-bond donors (Lipinski definition) is 1. The van der Waals surface area contributed by atoms with Gasteiger partial charge in [-0.2, -0.15) is 0 Å². The van der Waals surface area contributed by atoms with Gasteiger partial charge in [-0.1, -0.05) is 39.0 Å². The average Bonchev–Trinajstić information content (AvgIpc) is 2.43. The SMILES string of the molecule is CCCCCCCCCCCCCCCCCC(N)[Te]. The molecule has 0 bridgehead atoms. The van der Waals surface area contributed by atoms with Crippen molar-refractivity contribution in [2.45, 2.75) is 114 Å². The van der Waals surface area contributed by atoms with Crippen molar-refractivity contribution in [3.63, 3.8) is 0 Å². The van der Waals surface area contributed by atoms with Gasteiger partial charge in [-0.25, -0.2) is 0 Å². The summed E-state index contributed by atoms with van der Waals surface area (Å²) in [4.78, 5) is 0. The fourth-order valence-corrected chi connectivity index (χ4v) is 3.19. The van der Waals surface area contributed by atoms with Gasteiger partial charge in [0.15, 0.2) is 0 Å². The Morgan fingerprint density at radius 2 is 0.900 bits per heavy atom. The van der Waals surface area contributed by atoms with Crippen molar-refractivity contribution in [1.82, 2.24) is 0 Å². The zero-order valence-electron chi connectivity index (χ0n) is 13.9. The molecule has 20 heavy (non-hydrogen) atoms. The second kappa shape index (κ2) is 17.8. The summed E-state index contributed by atoms with van der Waals surface area (Å²) in [5.41, 5.74) is 5.75. The Balaban J connectivity index is 2.92.